The Kier molecular flexibility index (Phi) is 3.68. The Balaban J connectivity index is 1.78. The van der Waals surface area contributed by atoms with Crippen LogP contribution in [0.15, 0.2) is 31.1 Å². The van der Waals surface area contributed by atoms with Crippen molar-refractivity contribution in [3.63, 3.8) is 0 Å². The van der Waals surface area contributed by atoms with Crippen molar-refractivity contribution in [2.24, 2.45) is 5.73 Å². The molecule has 1 atom stereocenters. The van der Waals surface area contributed by atoms with Gasteiger partial charge >= 0.3 is 6.03 Å². The molecule has 0 aliphatic carbocycles. The molecule has 3 heterocycles. The first-order chi connectivity index (χ1) is 10.6. The van der Waals surface area contributed by atoms with E-state index in [1.54, 1.807) is 28.1 Å². The minimum atomic E-state index is -0.403. The third-order valence-corrected chi connectivity index (χ3v) is 3.55. The Hall–Kier alpha value is -2.61. The van der Waals surface area contributed by atoms with Gasteiger partial charge in [0.25, 0.3) is 0 Å². The monoisotopic (exact) mass is 303 g/mol. The van der Waals surface area contributed by atoms with Crippen LogP contribution in [0.4, 0.5) is 4.79 Å². The zero-order valence-corrected chi connectivity index (χ0v) is 12.0. The van der Waals surface area contributed by atoms with Crippen LogP contribution in [0.1, 0.15) is 5.56 Å². The van der Waals surface area contributed by atoms with E-state index in [0.717, 1.165) is 11.3 Å². The topological polar surface area (TPSA) is 93.7 Å². The predicted molar refractivity (Wildman–Crippen MR) is 78.1 cm³/mol. The first-order valence-electron chi connectivity index (χ1n) is 6.93. The lowest BCUT2D eigenvalue weighted by Crippen LogP contribution is -2.33. The molecule has 1 unspecified atom stereocenters. The van der Waals surface area contributed by atoms with Crippen LogP contribution >= 0.6 is 0 Å². The van der Waals surface area contributed by atoms with Gasteiger partial charge < -0.3 is 10.6 Å². The summed E-state index contributed by atoms with van der Waals surface area (Å²) in [5.74, 6) is -0.403. The second-order valence-electron chi connectivity index (χ2n) is 5.23. The number of nitrogens with two attached hydrogens (primary N) is 1. The van der Waals surface area contributed by atoms with Gasteiger partial charge in [-0.2, -0.15) is 10.2 Å². The van der Waals surface area contributed by atoms with Gasteiger partial charge in [0.2, 0.25) is 5.91 Å². The first-order valence-corrected chi connectivity index (χ1v) is 6.93. The molecule has 3 amide bonds. The lowest BCUT2D eigenvalue weighted by atomic mass is 10.2. The maximum absolute atomic E-state index is 12.2. The molecule has 1 aromatic heterocycles. The SMILES string of the molecule is C=CCON1C(=O)N2CC(n3cc(CC(N)=O)cn3)=CC1C2. The minimum Gasteiger partial charge on any atom is -0.369 e. The Bertz CT molecular complexity index is 651. The second-order valence-corrected chi connectivity index (χ2v) is 5.23. The average molecular weight is 303 g/mol. The van der Waals surface area contributed by atoms with Gasteiger partial charge in [0.05, 0.1) is 37.5 Å². The number of hydrogen-bond acceptors (Lipinski definition) is 4. The molecule has 1 fully saturated rings. The molecule has 0 spiro atoms. The molecule has 0 aromatic carbocycles. The Morgan fingerprint density at radius 2 is 2.41 bits per heavy atom. The molecule has 0 saturated carbocycles. The highest BCUT2D eigenvalue weighted by molar-refractivity contribution is 5.80. The summed E-state index contributed by atoms with van der Waals surface area (Å²) < 4.78 is 1.67. The molecule has 3 rings (SSSR count). The van der Waals surface area contributed by atoms with Crippen molar-refractivity contribution in [2.45, 2.75) is 12.5 Å². The molecular weight excluding hydrogens is 286 g/mol. The number of aromatic nitrogens is 2. The normalized spacial score (nSPS) is 20.3. The average Bonchev–Trinajstić information content (AvgIpc) is 3.02. The van der Waals surface area contributed by atoms with Gasteiger partial charge in [-0.05, 0) is 11.6 Å². The van der Waals surface area contributed by atoms with E-state index >= 15 is 0 Å². The number of carbonyl (C=O) groups is 2. The van der Waals surface area contributed by atoms with E-state index in [1.807, 2.05) is 6.08 Å². The molecule has 1 saturated heterocycles. The van der Waals surface area contributed by atoms with E-state index in [0.29, 0.717) is 13.1 Å². The van der Waals surface area contributed by atoms with E-state index in [9.17, 15) is 9.59 Å². The van der Waals surface area contributed by atoms with Crippen molar-refractivity contribution in [3.8, 4) is 0 Å². The molecule has 1 aromatic rings. The van der Waals surface area contributed by atoms with Crippen molar-refractivity contribution in [3.05, 3.63) is 36.7 Å². The van der Waals surface area contributed by atoms with Crippen molar-refractivity contribution in [1.29, 1.82) is 0 Å². The second kappa shape index (κ2) is 5.64. The van der Waals surface area contributed by atoms with Crippen molar-refractivity contribution < 1.29 is 14.4 Å². The van der Waals surface area contributed by atoms with Gasteiger partial charge in [0.15, 0.2) is 0 Å². The van der Waals surface area contributed by atoms with Crippen LogP contribution in [0.3, 0.4) is 0 Å². The van der Waals surface area contributed by atoms with Gasteiger partial charge in [-0.25, -0.2) is 9.48 Å². The summed E-state index contributed by atoms with van der Waals surface area (Å²) >= 11 is 0. The number of nitrogens with zero attached hydrogens (tertiary/aromatic N) is 4. The number of urea groups is 1. The fraction of sp³-hybridized carbons (Fsp3) is 0.357. The molecule has 8 nitrogen and oxygen atoms in total. The maximum Gasteiger partial charge on any atom is 0.345 e. The Morgan fingerprint density at radius 3 is 3.14 bits per heavy atom. The van der Waals surface area contributed by atoms with Crippen molar-refractivity contribution in [2.75, 3.05) is 19.7 Å². The number of primary amides is 1. The van der Waals surface area contributed by atoms with Gasteiger partial charge in [-0.1, -0.05) is 6.08 Å². The zero-order valence-electron chi connectivity index (χ0n) is 12.0. The third kappa shape index (κ3) is 2.60. The van der Waals surface area contributed by atoms with Crippen LogP contribution in [0.2, 0.25) is 0 Å². The van der Waals surface area contributed by atoms with Crippen molar-refractivity contribution >= 4 is 17.6 Å². The summed E-state index contributed by atoms with van der Waals surface area (Å²) in [6.45, 7) is 4.90. The summed E-state index contributed by atoms with van der Waals surface area (Å²) in [6.07, 6.45) is 7.05. The number of fused-ring (bicyclic) bond motifs is 2. The van der Waals surface area contributed by atoms with E-state index in [-0.39, 0.29) is 25.1 Å². The fourth-order valence-corrected chi connectivity index (χ4v) is 2.62. The summed E-state index contributed by atoms with van der Waals surface area (Å²) in [6, 6.07) is -0.317. The summed E-state index contributed by atoms with van der Waals surface area (Å²) in [4.78, 5) is 30.2. The third-order valence-electron chi connectivity index (χ3n) is 3.55. The molecule has 22 heavy (non-hydrogen) atoms. The van der Waals surface area contributed by atoms with Crippen LogP contribution in [0, 0.1) is 0 Å². The van der Waals surface area contributed by atoms with E-state index < -0.39 is 5.91 Å². The molecule has 8 heteroatoms. The molecule has 2 bridgehead atoms. The van der Waals surface area contributed by atoms with E-state index in [1.165, 1.54) is 5.06 Å². The number of hydroxylamine groups is 2. The highest BCUT2D eigenvalue weighted by atomic mass is 16.7. The summed E-state index contributed by atoms with van der Waals surface area (Å²) in [5.41, 5.74) is 6.78. The molecule has 2 aliphatic heterocycles. The molecular formula is C14H17N5O3. The van der Waals surface area contributed by atoms with Crippen molar-refractivity contribution in [1.82, 2.24) is 19.7 Å². The number of hydrogen-bond donors (Lipinski definition) is 1. The van der Waals surface area contributed by atoms with E-state index in [2.05, 4.69) is 11.7 Å². The molecule has 2 N–H and O–H groups in total. The lowest BCUT2D eigenvalue weighted by Gasteiger charge is -2.21. The Labute approximate surface area is 127 Å². The van der Waals surface area contributed by atoms with Gasteiger partial charge in [-0.15, -0.1) is 6.58 Å². The summed E-state index contributed by atoms with van der Waals surface area (Å²) in [5, 5.41) is 5.59. The lowest BCUT2D eigenvalue weighted by molar-refractivity contribution is -0.117. The number of amides is 3. The zero-order chi connectivity index (χ0) is 15.7. The van der Waals surface area contributed by atoms with Gasteiger partial charge in [0, 0.05) is 12.7 Å². The quantitative estimate of drug-likeness (QED) is 0.748. The van der Waals surface area contributed by atoms with Crippen LogP contribution in [0.5, 0.6) is 0 Å². The maximum atomic E-state index is 12.2. The minimum absolute atomic E-state index is 0.147. The largest absolute Gasteiger partial charge is 0.369 e. The van der Waals surface area contributed by atoms with Gasteiger partial charge in [0.1, 0.15) is 0 Å². The summed E-state index contributed by atoms with van der Waals surface area (Å²) in [7, 11) is 0. The predicted octanol–water partition coefficient (Wildman–Crippen LogP) is -0.0108. The van der Waals surface area contributed by atoms with Crippen LogP contribution in [0.25, 0.3) is 5.70 Å². The van der Waals surface area contributed by atoms with Gasteiger partial charge in [-0.3, -0.25) is 9.63 Å². The molecule has 116 valence electrons. The number of rotatable bonds is 6. The van der Waals surface area contributed by atoms with E-state index in [4.69, 9.17) is 10.6 Å². The highest BCUT2D eigenvalue weighted by Gasteiger charge is 2.41. The highest BCUT2D eigenvalue weighted by Crippen LogP contribution is 2.26. The standard InChI is InChI=1S/C14H17N5O3/c1-2-3-22-19-12-5-11(8-17(9-12)14(19)21)18-7-10(6-16-18)4-13(15)20/h2,5-7,12H,1,3-4,8-9H2,(H2,15,20). The molecule has 0 radical (unpaired) electrons. The fourth-order valence-electron chi connectivity index (χ4n) is 2.62. The first kappa shape index (κ1) is 14.3. The van der Waals surface area contributed by atoms with Crippen LogP contribution in [-0.4, -0.2) is 57.4 Å². The number of carbonyl (C=O) groups excluding carboxylic acids is 2. The Morgan fingerprint density at radius 1 is 1.59 bits per heavy atom. The van der Waals surface area contributed by atoms with Crippen LogP contribution < -0.4 is 5.73 Å². The smallest absolute Gasteiger partial charge is 0.345 e. The molecule has 2 aliphatic rings. The van der Waals surface area contributed by atoms with Crippen LogP contribution in [-0.2, 0) is 16.1 Å².